The highest BCUT2D eigenvalue weighted by atomic mass is 19.1. The maximum absolute atomic E-state index is 13.6. The Morgan fingerprint density at radius 3 is 2.44 bits per heavy atom. The van der Waals surface area contributed by atoms with Gasteiger partial charge in [-0.1, -0.05) is 17.7 Å². The van der Waals surface area contributed by atoms with Crippen LogP contribution in [0.25, 0.3) is 0 Å². The number of hydrogen-bond acceptors (Lipinski definition) is 2. The third kappa shape index (κ3) is 2.18. The van der Waals surface area contributed by atoms with Gasteiger partial charge in [0.15, 0.2) is 0 Å². The standard InChI is InChI=1S/C13H13FO2/c1-8-2-3-13(14)12(4-8)9-5-10(15)7-11(16)6-9/h2-4,9H,5-7H2,1H3. The van der Waals surface area contributed by atoms with Crippen molar-refractivity contribution < 1.29 is 14.0 Å². The molecule has 0 aliphatic heterocycles. The van der Waals surface area contributed by atoms with Crippen LogP contribution >= 0.6 is 0 Å². The molecule has 1 aromatic rings. The van der Waals surface area contributed by atoms with E-state index in [1.807, 2.05) is 6.92 Å². The van der Waals surface area contributed by atoms with Gasteiger partial charge in [0, 0.05) is 18.8 Å². The Balaban J connectivity index is 2.32. The van der Waals surface area contributed by atoms with E-state index in [4.69, 9.17) is 0 Å². The third-order valence-corrected chi connectivity index (χ3v) is 2.93. The minimum atomic E-state index is -0.321. The van der Waals surface area contributed by atoms with Crippen molar-refractivity contribution in [3.05, 3.63) is 35.1 Å². The van der Waals surface area contributed by atoms with E-state index >= 15 is 0 Å². The first-order valence-electron chi connectivity index (χ1n) is 5.35. The molecule has 0 saturated heterocycles. The lowest BCUT2D eigenvalue weighted by Crippen LogP contribution is -2.22. The van der Waals surface area contributed by atoms with Gasteiger partial charge in [-0.05, 0) is 18.6 Å². The summed E-state index contributed by atoms with van der Waals surface area (Å²) in [4.78, 5) is 22.6. The molecule has 1 aliphatic rings. The lowest BCUT2D eigenvalue weighted by Gasteiger charge is -2.21. The Morgan fingerprint density at radius 2 is 1.81 bits per heavy atom. The van der Waals surface area contributed by atoms with Gasteiger partial charge in [-0.3, -0.25) is 9.59 Å². The van der Waals surface area contributed by atoms with Crippen LogP contribution in [-0.4, -0.2) is 11.6 Å². The fourth-order valence-electron chi connectivity index (χ4n) is 2.18. The normalized spacial score (nSPS) is 17.9. The Morgan fingerprint density at radius 1 is 1.19 bits per heavy atom. The van der Waals surface area contributed by atoms with E-state index in [1.54, 1.807) is 12.1 Å². The van der Waals surface area contributed by atoms with Gasteiger partial charge in [0.05, 0.1) is 6.42 Å². The number of halogens is 1. The summed E-state index contributed by atoms with van der Waals surface area (Å²) >= 11 is 0. The molecule has 0 bridgehead atoms. The lowest BCUT2D eigenvalue weighted by molar-refractivity contribution is -0.130. The number of carbonyl (C=O) groups is 2. The number of hydrogen-bond donors (Lipinski definition) is 0. The first kappa shape index (κ1) is 11.0. The van der Waals surface area contributed by atoms with Gasteiger partial charge >= 0.3 is 0 Å². The van der Waals surface area contributed by atoms with Gasteiger partial charge in [-0.15, -0.1) is 0 Å². The van der Waals surface area contributed by atoms with Gasteiger partial charge in [0.1, 0.15) is 17.4 Å². The summed E-state index contributed by atoms with van der Waals surface area (Å²) in [6, 6.07) is 4.81. The predicted octanol–water partition coefficient (Wildman–Crippen LogP) is 2.54. The molecule has 2 rings (SSSR count). The molecule has 0 radical (unpaired) electrons. The largest absolute Gasteiger partial charge is 0.299 e. The molecule has 0 amide bonds. The van der Waals surface area contributed by atoms with Crippen LogP contribution in [0.5, 0.6) is 0 Å². The number of benzene rings is 1. The number of rotatable bonds is 1. The first-order chi connectivity index (χ1) is 7.56. The van der Waals surface area contributed by atoms with Crippen LogP contribution in [0.2, 0.25) is 0 Å². The van der Waals surface area contributed by atoms with E-state index in [-0.39, 0.29) is 42.6 Å². The summed E-state index contributed by atoms with van der Waals surface area (Å²) in [5.74, 6) is -0.754. The second-order valence-corrected chi connectivity index (χ2v) is 4.38. The Bertz CT molecular complexity index is 435. The molecule has 0 atom stereocenters. The molecule has 0 unspecified atom stereocenters. The Hall–Kier alpha value is -1.51. The molecule has 3 heteroatoms. The van der Waals surface area contributed by atoms with Crippen molar-refractivity contribution in [1.82, 2.24) is 0 Å². The smallest absolute Gasteiger partial charge is 0.140 e. The summed E-state index contributed by atoms with van der Waals surface area (Å²) in [7, 11) is 0. The monoisotopic (exact) mass is 220 g/mol. The van der Waals surface area contributed by atoms with Gasteiger partial charge < -0.3 is 0 Å². The molecule has 16 heavy (non-hydrogen) atoms. The SMILES string of the molecule is Cc1ccc(F)c(C2CC(=O)CC(=O)C2)c1. The maximum Gasteiger partial charge on any atom is 0.140 e. The highest BCUT2D eigenvalue weighted by Gasteiger charge is 2.28. The van der Waals surface area contributed by atoms with Crippen molar-refractivity contribution in [2.75, 3.05) is 0 Å². The molecule has 0 heterocycles. The number of carbonyl (C=O) groups excluding carboxylic acids is 2. The van der Waals surface area contributed by atoms with Crippen molar-refractivity contribution in [3.63, 3.8) is 0 Å². The van der Waals surface area contributed by atoms with Crippen LogP contribution in [0.1, 0.15) is 36.3 Å². The van der Waals surface area contributed by atoms with Crippen LogP contribution in [0, 0.1) is 12.7 Å². The molecular formula is C13H13FO2. The first-order valence-corrected chi connectivity index (χ1v) is 5.35. The van der Waals surface area contributed by atoms with Crippen molar-refractivity contribution in [2.45, 2.75) is 32.1 Å². The van der Waals surface area contributed by atoms with Crippen LogP contribution in [0.15, 0.2) is 18.2 Å². The van der Waals surface area contributed by atoms with Gasteiger partial charge in [-0.2, -0.15) is 0 Å². The molecule has 1 saturated carbocycles. The van der Waals surface area contributed by atoms with Crippen molar-refractivity contribution in [3.8, 4) is 0 Å². The quantitative estimate of drug-likeness (QED) is 0.681. The van der Waals surface area contributed by atoms with Crippen molar-refractivity contribution >= 4 is 11.6 Å². The maximum atomic E-state index is 13.6. The fraction of sp³-hybridized carbons (Fsp3) is 0.385. The number of aryl methyl sites for hydroxylation is 1. The highest BCUT2D eigenvalue weighted by molar-refractivity contribution is 6.02. The van der Waals surface area contributed by atoms with Crippen molar-refractivity contribution in [2.24, 2.45) is 0 Å². The van der Waals surface area contributed by atoms with Gasteiger partial charge in [0.25, 0.3) is 0 Å². The van der Waals surface area contributed by atoms with Crippen molar-refractivity contribution in [1.29, 1.82) is 0 Å². The molecule has 2 nitrogen and oxygen atoms in total. The molecule has 1 aliphatic carbocycles. The summed E-state index contributed by atoms with van der Waals surface area (Å²) in [6.07, 6.45) is 0.585. The lowest BCUT2D eigenvalue weighted by atomic mass is 9.82. The molecule has 84 valence electrons. The highest BCUT2D eigenvalue weighted by Crippen LogP contribution is 2.31. The third-order valence-electron chi connectivity index (χ3n) is 2.93. The summed E-state index contributed by atoms with van der Waals surface area (Å²) in [5.41, 5.74) is 1.45. The van der Waals surface area contributed by atoms with Crippen LogP contribution in [-0.2, 0) is 9.59 Å². The zero-order valence-electron chi connectivity index (χ0n) is 9.13. The molecule has 1 aromatic carbocycles. The zero-order valence-corrected chi connectivity index (χ0v) is 9.13. The second kappa shape index (κ2) is 4.16. The Labute approximate surface area is 93.5 Å². The second-order valence-electron chi connectivity index (χ2n) is 4.38. The van der Waals surface area contributed by atoms with Crippen LogP contribution in [0.4, 0.5) is 4.39 Å². The van der Waals surface area contributed by atoms with E-state index in [9.17, 15) is 14.0 Å². The summed E-state index contributed by atoms with van der Waals surface area (Å²) in [6.45, 7) is 1.87. The average Bonchev–Trinajstić information content (AvgIpc) is 2.20. The van der Waals surface area contributed by atoms with E-state index < -0.39 is 0 Å². The average molecular weight is 220 g/mol. The van der Waals surface area contributed by atoms with Gasteiger partial charge in [-0.25, -0.2) is 4.39 Å². The Kier molecular flexibility index (Phi) is 2.86. The van der Waals surface area contributed by atoms with Gasteiger partial charge in [0.2, 0.25) is 0 Å². The predicted molar refractivity (Wildman–Crippen MR) is 57.7 cm³/mol. The summed E-state index contributed by atoms with van der Waals surface area (Å²) < 4.78 is 13.6. The van der Waals surface area contributed by atoms with E-state index in [1.165, 1.54) is 6.07 Å². The van der Waals surface area contributed by atoms with E-state index in [0.717, 1.165) is 5.56 Å². The van der Waals surface area contributed by atoms with E-state index in [0.29, 0.717) is 5.56 Å². The number of ketones is 2. The fourth-order valence-corrected chi connectivity index (χ4v) is 2.18. The number of Topliss-reactive ketones (excluding diaryl/α,β-unsaturated/α-hetero) is 2. The van der Waals surface area contributed by atoms with Crippen LogP contribution in [0.3, 0.4) is 0 Å². The molecule has 0 spiro atoms. The summed E-state index contributed by atoms with van der Waals surface area (Å²) in [5, 5.41) is 0. The molecule has 1 fully saturated rings. The minimum Gasteiger partial charge on any atom is -0.299 e. The zero-order chi connectivity index (χ0) is 11.7. The van der Waals surface area contributed by atoms with Crippen LogP contribution < -0.4 is 0 Å². The molecule has 0 aromatic heterocycles. The topological polar surface area (TPSA) is 34.1 Å². The minimum absolute atomic E-state index is 0.0178. The van der Waals surface area contributed by atoms with E-state index in [2.05, 4.69) is 0 Å². The molecule has 0 N–H and O–H groups in total. The molecular weight excluding hydrogens is 207 g/mol.